The lowest BCUT2D eigenvalue weighted by molar-refractivity contribution is -0.123. The molecule has 0 aliphatic rings. The predicted octanol–water partition coefficient (Wildman–Crippen LogP) is 6.65. The van der Waals surface area contributed by atoms with Gasteiger partial charge in [-0.1, -0.05) is 55.3 Å². The number of nitrogens with one attached hydrogen (secondary N) is 1. The van der Waals surface area contributed by atoms with Crippen LogP contribution in [0, 0.1) is 0 Å². The number of amides is 1. The lowest BCUT2D eigenvalue weighted by Crippen LogP contribution is -2.24. The van der Waals surface area contributed by atoms with Gasteiger partial charge in [-0.2, -0.15) is 5.10 Å². The number of rotatable bonds is 11. The van der Waals surface area contributed by atoms with Crippen LogP contribution in [0.25, 0.3) is 10.1 Å². The number of methoxy groups -OCH3 is 1. The van der Waals surface area contributed by atoms with Crippen LogP contribution in [0.2, 0.25) is 5.02 Å². The Kier molecular flexibility index (Phi) is 9.35. The molecule has 0 bridgehead atoms. The van der Waals surface area contributed by atoms with E-state index < -0.39 is 11.9 Å². The van der Waals surface area contributed by atoms with Crippen molar-refractivity contribution in [1.82, 2.24) is 5.43 Å². The Labute approximate surface area is 230 Å². The first-order valence-corrected chi connectivity index (χ1v) is 13.3. The first-order chi connectivity index (χ1) is 18.5. The summed E-state index contributed by atoms with van der Waals surface area (Å²) < 4.78 is 17.4. The van der Waals surface area contributed by atoms with E-state index in [1.165, 1.54) is 30.2 Å². The fraction of sp³-hybridized carbons (Fsp3) is 0.207. The average Bonchev–Trinajstić information content (AvgIpc) is 3.28. The second-order valence-corrected chi connectivity index (χ2v) is 9.80. The van der Waals surface area contributed by atoms with Gasteiger partial charge in [-0.05, 0) is 60.4 Å². The topological polar surface area (TPSA) is 86.2 Å². The van der Waals surface area contributed by atoms with Gasteiger partial charge < -0.3 is 14.2 Å². The van der Waals surface area contributed by atoms with Crippen molar-refractivity contribution in [3.05, 3.63) is 87.8 Å². The fourth-order valence-electron chi connectivity index (χ4n) is 3.63. The molecule has 0 atom stereocenters. The van der Waals surface area contributed by atoms with Crippen molar-refractivity contribution in [2.24, 2.45) is 5.10 Å². The Morgan fingerprint density at radius 3 is 2.58 bits per heavy atom. The smallest absolute Gasteiger partial charge is 0.355 e. The van der Waals surface area contributed by atoms with E-state index >= 15 is 0 Å². The number of thiophene rings is 1. The SMILES string of the molecule is CCCCc1ccc(OCC(=O)NN=Cc2ccc(OC(=O)c3sc4ccccc4c3Cl)c(OC)c2)cc1. The number of ether oxygens (including phenoxy) is 3. The second kappa shape index (κ2) is 13.1. The molecule has 0 unspecified atom stereocenters. The zero-order valence-corrected chi connectivity index (χ0v) is 22.6. The van der Waals surface area contributed by atoms with Crippen molar-refractivity contribution in [1.29, 1.82) is 0 Å². The minimum absolute atomic E-state index is 0.163. The lowest BCUT2D eigenvalue weighted by atomic mass is 10.1. The van der Waals surface area contributed by atoms with E-state index in [1.807, 2.05) is 48.5 Å². The standard InChI is InChI=1S/C29H27ClN2O5S/c1-3-4-7-19-10-13-21(14-11-19)36-18-26(33)32-31-17-20-12-15-23(24(16-20)35-2)37-29(34)28-27(30)22-8-5-6-9-25(22)38-28/h5-6,8-17H,3-4,7,18H2,1-2H3,(H,32,33). The Morgan fingerprint density at radius 2 is 1.84 bits per heavy atom. The van der Waals surface area contributed by atoms with Gasteiger partial charge in [-0.3, -0.25) is 4.79 Å². The van der Waals surface area contributed by atoms with Gasteiger partial charge in [-0.15, -0.1) is 11.3 Å². The van der Waals surface area contributed by atoms with Gasteiger partial charge in [0.15, 0.2) is 18.1 Å². The van der Waals surface area contributed by atoms with Gasteiger partial charge in [0.2, 0.25) is 0 Å². The highest BCUT2D eigenvalue weighted by atomic mass is 35.5. The molecule has 1 aromatic heterocycles. The summed E-state index contributed by atoms with van der Waals surface area (Å²) in [5, 5.41) is 5.13. The van der Waals surface area contributed by atoms with Crippen LogP contribution in [0.5, 0.6) is 17.2 Å². The van der Waals surface area contributed by atoms with Gasteiger partial charge >= 0.3 is 5.97 Å². The first kappa shape index (κ1) is 27.2. The Balaban J connectivity index is 1.31. The van der Waals surface area contributed by atoms with Crippen molar-refractivity contribution >= 4 is 51.1 Å². The molecule has 7 nitrogen and oxygen atoms in total. The molecular formula is C29H27ClN2O5S. The van der Waals surface area contributed by atoms with Gasteiger partial charge in [0.05, 0.1) is 18.3 Å². The van der Waals surface area contributed by atoms with Crippen molar-refractivity contribution < 1.29 is 23.8 Å². The predicted molar refractivity (Wildman–Crippen MR) is 151 cm³/mol. The average molecular weight is 551 g/mol. The van der Waals surface area contributed by atoms with E-state index in [2.05, 4.69) is 17.5 Å². The summed E-state index contributed by atoms with van der Waals surface area (Å²) >= 11 is 7.67. The number of esters is 1. The lowest BCUT2D eigenvalue weighted by Gasteiger charge is -2.09. The van der Waals surface area contributed by atoms with E-state index in [-0.39, 0.29) is 12.4 Å². The van der Waals surface area contributed by atoms with E-state index in [4.69, 9.17) is 25.8 Å². The molecule has 9 heteroatoms. The number of fused-ring (bicyclic) bond motifs is 1. The van der Waals surface area contributed by atoms with E-state index in [0.29, 0.717) is 27.0 Å². The number of carbonyl (C=O) groups is 2. The van der Waals surface area contributed by atoms with Crippen LogP contribution in [0.3, 0.4) is 0 Å². The maximum absolute atomic E-state index is 12.8. The molecule has 1 N–H and O–H groups in total. The highest BCUT2D eigenvalue weighted by Gasteiger charge is 2.20. The molecule has 38 heavy (non-hydrogen) atoms. The molecule has 0 fully saturated rings. The normalized spacial score (nSPS) is 11.0. The number of hydrogen-bond donors (Lipinski definition) is 1. The monoisotopic (exact) mass is 550 g/mol. The van der Waals surface area contributed by atoms with Gasteiger partial charge in [0.1, 0.15) is 10.6 Å². The summed E-state index contributed by atoms with van der Waals surface area (Å²) in [7, 11) is 1.47. The minimum Gasteiger partial charge on any atom is -0.493 e. The van der Waals surface area contributed by atoms with Gasteiger partial charge in [0, 0.05) is 10.1 Å². The molecule has 1 heterocycles. The van der Waals surface area contributed by atoms with Gasteiger partial charge in [-0.25, -0.2) is 10.2 Å². The third kappa shape index (κ3) is 6.90. The largest absolute Gasteiger partial charge is 0.493 e. The summed E-state index contributed by atoms with van der Waals surface area (Å²) in [6.07, 6.45) is 4.77. The van der Waals surface area contributed by atoms with Crippen LogP contribution < -0.4 is 19.6 Å². The zero-order chi connectivity index (χ0) is 26.9. The van der Waals surface area contributed by atoms with Crippen molar-refractivity contribution in [2.75, 3.05) is 13.7 Å². The van der Waals surface area contributed by atoms with Crippen LogP contribution in [-0.4, -0.2) is 31.8 Å². The minimum atomic E-state index is -0.571. The van der Waals surface area contributed by atoms with E-state index in [0.717, 1.165) is 29.3 Å². The van der Waals surface area contributed by atoms with Crippen LogP contribution in [0.1, 0.15) is 40.6 Å². The maximum Gasteiger partial charge on any atom is 0.355 e. The third-order valence-electron chi connectivity index (χ3n) is 5.63. The van der Waals surface area contributed by atoms with Crippen molar-refractivity contribution in [3.8, 4) is 17.2 Å². The summed E-state index contributed by atoms with van der Waals surface area (Å²) in [6, 6.07) is 20.1. The summed E-state index contributed by atoms with van der Waals surface area (Å²) in [5.41, 5.74) is 4.31. The number of nitrogens with zero attached hydrogens (tertiary/aromatic N) is 1. The second-order valence-electron chi connectivity index (χ2n) is 8.37. The zero-order valence-electron chi connectivity index (χ0n) is 21.0. The molecular weight excluding hydrogens is 524 g/mol. The number of hydrogen-bond acceptors (Lipinski definition) is 7. The highest BCUT2D eigenvalue weighted by Crippen LogP contribution is 2.37. The number of halogens is 1. The van der Waals surface area contributed by atoms with Crippen LogP contribution in [-0.2, 0) is 11.2 Å². The molecule has 0 aliphatic carbocycles. The molecule has 0 saturated heterocycles. The Morgan fingerprint density at radius 1 is 1.05 bits per heavy atom. The number of unbranched alkanes of at least 4 members (excludes halogenated alkanes) is 1. The Bertz CT molecular complexity index is 1450. The number of hydrazone groups is 1. The summed E-state index contributed by atoms with van der Waals surface area (Å²) in [6.45, 7) is 2.00. The van der Waals surface area contributed by atoms with Crippen LogP contribution in [0.15, 0.2) is 71.8 Å². The first-order valence-electron chi connectivity index (χ1n) is 12.1. The molecule has 0 radical (unpaired) electrons. The van der Waals surface area contributed by atoms with E-state index in [9.17, 15) is 9.59 Å². The molecule has 3 aromatic carbocycles. The number of carbonyl (C=O) groups excluding carboxylic acids is 2. The Hall–Kier alpha value is -3.88. The van der Waals surface area contributed by atoms with Crippen molar-refractivity contribution in [3.63, 3.8) is 0 Å². The third-order valence-corrected chi connectivity index (χ3v) is 7.28. The van der Waals surface area contributed by atoms with E-state index in [1.54, 1.807) is 18.2 Å². The van der Waals surface area contributed by atoms with Crippen molar-refractivity contribution in [2.45, 2.75) is 26.2 Å². The molecule has 4 rings (SSSR count). The number of aryl methyl sites for hydroxylation is 1. The van der Waals surface area contributed by atoms with Gasteiger partial charge in [0.25, 0.3) is 5.91 Å². The fourth-order valence-corrected chi connectivity index (χ4v) is 5.02. The summed E-state index contributed by atoms with van der Waals surface area (Å²) in [5.74, 6) is 0.224. The summed E-state index contributed by atoms with van der Waals surface area (Å²) in [4.78, 5) is 25.2. The molecule has 0 aliphatic heterocycles. The molecule has 1 amide bonds. The molecule has 0 spiro atoms. The van der Waals surface area contributed by atoms with Crippen LogP contribution in [0.4, 0.5) is 0 Å². The number of benzene rings is 3. The molecule has 196 valence electrons. The highest BCUT2D eigenvalue weighted by molar-refractivity contribution is 7.21. The molecule has 0 saturated carbocycles. The quantitative estimate of drug-likeness (QED) is 0.0977. The van der Waals surface area contributed by atoms with Crippen LogP contribution >= 0.6 is 22.9 Å². The molecule has 4 aromatic rings. The maximum atomic E-state index is 12.8.